The fourth-order valence-electron chi connectivity index (χ4n) is 3.86. The molecule has 0 fully saturated rings. The van der Waals surface area contributed by atoms with E-state index in [-0.39, 0.29) is 44.3 Å². The number of aliphatic hydroxyl groups excluding tert-OH is 1. The minimum atomic E-state index is -1.57. The van der Waals surface area contributed by atoms with E-state index in [0.717, 1.165) is 5.56 Å². The van der Waals surface area contributed by atoms with Crippen LogP contribution in [0.25, 0.3) is 0 Å². The molecule has 1 aliphatic rings. The van der Waals surface area contributed by atoms with Crippen LogP contribution in [0.4, 0.5) is 4.39 Å². The van der Waals surface area contributed by atoms with Crippen LogP contribution >= 0.6 is 20.6 Å². The molecule has 2 N–H and O–H groups in total. The number of nitrogens with zero attached hydrogens (tertiary/aromatic N) is 3. The second-order valence-corrected chi connectivity index (χ2v) is 10.0. The highest BCUT2D eigenvalue weighted by atomic mass is 32.1. The number of aliphatic hydroxyl groups is 1. The molecule has 1 aliphatic heterocycles. The van der Waals surface area contributed by atoms with Gasteiger partial charge in [-0.3, -0.25) is 14.4 Å². The van der Waals surface area contributed by atoms with Gasteiger partial charge in [0.15, 0.2) is 0 Å². The zero-order chi connectivity index (χ0) is 24.5. The third-order valence-corrected chi connectivity index (χ3v) is 6.55. The Morgan fingerprint density at radius 3 is 2.65 bits per heavy atom. The normalized spacial score (nSPS) is 14.5. The number of pyridine rings is 1. The van der Waals surface area contributed by atoms with E-state index in [0.29, 0.717) is 22.5 Å². The summed E-state index contributed by atoms with van der Waals surface area (Å²) >= 11 is 1.32. The first-order chi connectivity index (χ1) is 16.2. The van der Waals surface area contributed by atoms with Gasteiger partial charge in [0, 0.05) is 24.2 Å². The molecule has 0 saturated heterocycles. The van der Waals surface area contributed by atoms with E-state index in [1.165, 1.54) is 28.9 Å². The van der Waals surface area contributed by atoms with Crippen molar-refractivity contribution in [3.63, 3.8) is 0 Å². The summed E-state index contributed by atoms with van der Waals surface area (Å²) in [6.07, 6.45) is 0. The highest BCUT2D eigenvalue weighted by Crippen LogP contribution is 2.32. The van der Waals surface area contributed by atoms with Gasteiger partial charge in [-0.15, -0.1) is 11.3 Å². The first kappa shape index (κ1) is 24.2. The first-order valence-corrected chi connectivity index (χ1v) is 12.1. The van der Waals surface area contributed by atoms with E-state index < -0.39 is 16.9 Å². The Balaban J connectivity index is 1.71. The van der Waals surface area contributed by atoms with Gasteiger partial charge in [0.2, 0.25) is 0 Å². The smallest absolute Gasteiger partial charge is 0.273 e. The molecule has 0 radical (unpaired) electrons. The average molecular weight is 503 g/mol. The predicted molar refractivity (Wildman–Crippen MR) is 130 cm³/mol. The monoisotopic (exact) mass is 502 g/mol. The second-order valence-electron chi connectivity index (χ2n) is 8.21. The summed E-state index contributed by atoms with van der Waals surface area (Å²) in [5, 5.41) is 11.6. The van der Waals surface area contributed by atoms with Crippen molar-refractivity contribution in [2.75, 3.05) is 13.2 Å². The molecule has 0 saturated carbocycles. The van der Waals surface area contributed by atoms with Crippen LogP contribution in [0.15, 0.2) is 46.0 Å². The molecular formula is C23H24FN4O4PS. The largest absolute Gasteiger partial charge is 0.395 e. The van der Waals surface area contributed by atoms with Crippen molar-refractivity contribution in [2.45, 2.75) is 32.0 Å². The summed E-state index contributed by atoms with van der Waals surface area (Å²) in [4.78, 5) is 44.5. The van der Waals surface area contributed by atoms with Gasteiger partial charge in [-0.2, -0.15) is 0 Å². The number of nitrogens with one attached hydrogen (secondary N) is 1. The summed E-state index contributed by atoms with van der Waals surface area (Å²) in [5.74, 6) is -0.846. The quantitative estimate of drug-likeness (QED) is 0.483. The van der Waals surface area contributed by atoms with Crippen LogP contribution in [-0.4, -0.2) is 44.5 Å². The minimum absolute atomic E-state index is 0.0162. The fraction of sp³-hybridized carbons (Fsp3) is 0.304. The summed E-state index contributed by atoms with van der Waals surface area (Å²) in [6.45, 7) is 1.79. The van der Waals surface area contributed by atoms with E-state index in [2.05, 4.69) is 19.5 Å². The van der Waals surface area contributed by atoms with Gasteiger partial charge in [-0.1, -0.05) is 33.5 Å². The molecule has 0 aliphatic carbocycles. The van der Waals surface area contributed by atoms with Gasteiger partial charge in [0.05, 0.1) is 25.2 Å². The summed E-state index contributed by atoms with van der Waals surface area (Å²) in [6, 6.07) is 8.30. The summed E-state index contributed by atoms with van der Waals surface area (Å²) < 4.78 is 15.7. The van der Waals surface area contributed by atoms with Gasteiger partial charge in [0.25, 0.3) is 17.4 Å². The maximum atomic E-state index is 14.2. The van der Waals surface area contributed by atoms with Gasteiger partial charge < -0.3 is 19.9 Å². The topological polar surface area (TPSA) is 105 Å². The summed E-state index contributed by atoms with van der Waals surface area (Å²) in [7, 11) is 2.15. The van der Waals surface area contributed by atoms with E-state index in [1.807, 2.05) is 0 Å². The van der Waals surface area contributed by atoms with E-state index in [4.69, 9.17) is 5.11 Å². The number of hydrogen-bond acceptors (Lipinski definition) is 6. The van der Waals surface area contributed by atoms with Gasteiger partial charge >= 0.3 is 0 Å². The van der Waals surface area contributed by atoms with Crippen LogP contribution in [0, 0.1) is 0 Å². The number of fused-ring (bicyclic) bond motifs is 1. The van der Waals surface area contributed by atoms with Crippen molar-refractivity contribution in [1.82, 2.24) is 19.8 Å². The van der Waals surface area contributed by atoms with Crippen LogP contribution in [0.5, 0.6) is 0 Å². The van der Waals surface area contributed by atoms with Crippen LogP contribution in [0.1, 0.15) is 50.2 Å². The van der Waals surface area contributed by atoms with Crippen molar-refractivity contribution in [3.05, 3.63) is 85.2 Å². The number of aromatic nitrogens is 2. The molecule has 34 heavy (non-hydrogen) atoms. The highest BCUT2D eigenvalue weighted by molar-refractivity contribution is 7.18. The van der Waals surface area contributed by atoms with Crippen LogP contribution in [-0.2, 0) is 25.0 Å². The Labute approximate surface area is 201 Å². The fourth-order valence-corrected chi connectivity index (χ4v) is 4.58. The molecule has 0 spiro atoms. The standard InChI is InChI=1S/C23H24FN4O4PS/c1-23(24,33)16-4-2-14(3-5-16)9-28-19-11-27(22(32)18-12-34-13-26-18)10-15(19)8-17(21(28)31)20(30)25-6-7-29/h2-5,8,12-13,29H,6-7,9-11,33H2,1H3,(H,25,30). The van der Waals surface area contributed by atoms with Crippen molar-refractivity contribution in [1.29, 1.82) is 0 Å². The first-order valence-electron chi connectivity index (χ1n) is 10.6. The Morgan fingerprint density at radius 1 is 1.29 bits per heavy atom. The molecule has 3 aromatic rings. The number of hydrogen-bond donors (Lipinski definition) is 2. The van der Waals surface area contributed by atoms with Crippen LogP contribution < -0.4 is 10.9 Å². The molecule has 11 heteroatoms. The van der Waals surface area contributed by atoms with Gasteiger partial charge in [-0.05, 0) is 29.7 Å². The number of benzene rings is 1. The number of carbonyl (C=O) groups is 2. The van der Waals surface area contributed by atoms with Gasteiger partial charge in [-0.25, -0.2) is 9.37 Å². The van der Waals surface area contributed by atoms with Crippen LogP contribution in [0.2, 0.25) is 0 Å². The van der Waals surface area contributed by atoms with Crippen LogP contribution in [0.3, 0.4) is 0 Å². The molecule has 2 aromatic heterocycles. The number of thiazole rings is 1. The SMILES string of the molecule is CC(F)(P)c1ccc(Cn2c3c(cc(C(=O)NCCO)c2=O)CN(C(=O)c2cscn2)C3)cc1. The van der Waals surface area contributed by atoms with E-state index in [1.54, 1.807) is 40.1 Å². The van der Waals surface area contributed by atoms with Crippen molar-refractivity contribution in [3.8, 4) is 0 Å². The molecule has 1 aromatic carbocycles. The molecule has 2 unspecified atom stereocenters. The van der Waals surface area contributed by atoms with E-state index >= 15 is 0 Å². The molecule has 2 atom stereocenters. The average Bonchev–Trinajstić information content (AvgIpc) is 3.49. The third kappa shape index (κ3) is 4.94. The molecule has 4 rings (SSSR count). The zero-order valence-corrected chi connectivity index (χ0v) is 20.4. The molecule has 8 nitrogen and oxygen atoms in total. The molecule has 0 bridgehead atoms. The number of amides is 2. The highest BCUT2D eigenvalue weighted by Gasteiger charge is 2.30. The molecule has 3 heterocycles. The predicted octanol–water partition coefficient (Wildman–Crippen LogP) is 2.25. The van der Waals surface area contributed by atoms with Crippen molar-refractivity contribution < 1.29 is 19.1 Å². The zero-order valence-electron chi connectivity index (χ0n) is 18.5. The number of alkyl halides is 1. The lowest BCUT2D eigenvalue weighted by molar-refractivity contribution is 0.0744. The second kappa shape index (κ2) is 9.74. The maximum Gasteiger partial charge on any atom is 0.273 e. The molecule has 178 valence electrons. The number of carbonyl (C=O) groups excluding carboxylic acids is 2. The lowest BCUT2D eigenvalue weighted by Crippen LogP contribution is -2.36. The number of halogens is 1. The number of rotatable bonds is 7. The van der Waals surface area contributed by atoms with Crippen molar-refractivity contribution >= 4 is 32.4 Å². The van der Waals surface area contributed by atoms with Gasteiger partial charge in [0.1, 0.15) is 16.7 Å². The Bertz CT molecular complexity index is 1270. The maximum absolute atomic E-state index is 14.2. The van der Waals surface area contributed by atoms with Crippen molar-refractivity contribution in [2.24, 2.45) is 0 Å². The Hall–Kier alpha value is -2.94. The lowest BCUT2D eigenvalue weighted by atomic mass is 10.1. The molecular weight excluding hydrogens is 478 g/mol. The molecule has 2 amide bonds. The summed E-state index contributed by atoms with van der Waals surface area (Å²) in [5.41, 5.74) is 3.91. The lowest BCUT2D eigenvalue weighted by Gasteiger charge is -2.17. The Morgan fingerprint density at radius 2 is 2.03 bits per heavy atom. The Kier molecular flexibility index (Phi) is 6.93. The van der Waals surface area contributed by atoms with E-state index in [9.17, 15) is 18.8 Å². The third-order valence-electron chi connectivity index (χ3n) is 5.63. The minimum Gasteiger partial charge on any atom is -0.395 e.